The van der Waals surface area contributed by atoms with Gasteiger partial charge in [-0.3, -0.25) is 0 Å². The Morgan fingerprint density at radius 2 is 1.65 bits per heavy atom. The molecule has 0 aliphatic carbocycles. The average molecular weight is 289 g/mol. The minimum Gasteiger partial charge on any atom is -0.465 e. The van der Waals surface area contributed by atoms with Gasteiger partial charge in [0.25, 0.3) is 0 Å². The monoisotopic (exact) mass is 289 g/mol. The third kappa shape index (κ3) is 3.24. The molecule has 4 nitrogen and oxygen atoms in total. The first-order chi connectivity index (χ1) is 9.53. The molecular formula is C15H15NO3S. The second-order valence-corrected chi connectivity index (χ2v) is 6.50. The van der Waals surface area contributed by atoms with Crippen molar-refractivity contribution in [2.24, 2.45) is 4.36 Å². The van der Waals surface area contributed by atoms with Crippen LogP contribution in [0.15, 0.2) is 63.9 Å². The largest absolute Gasteiger partial charge is 0.465 e. The first-order valence-corrected chi connectivity index (χ1v) is 7.91. The van der Waals surface area contributed by atoms with Crippen molar-refractivity contribution in [1.29, 1.82) is 0 Å². The summed E-state index contributed by atoms with van der Waals surface area (Å²) >= 11 is 0. The number of carbonyl (C=O) groups excluding carboxylic acids is 1. The molecule has 5 heteroatoms. The number of esters is 1. The number of nitrogens with zero attached hydrogens (tertiary/aromatic N) is 1. The van der Waals surface area contributed by atoms with Crippen molar-refractivity contribution in [3.05, 3.63) is 60.2 Å². The minimum atomic E-state index is -2.49. The van der Waals surface area contributed by atoms with Gasteiger partial charge in [-0.1, -0.05) is 18.2 Å². The summed E-state index contributed by atoms with van der Waals surface area (Å²) in [5.41, 5.74) is 1.00. The van der Waals surface area contributed by atoms with E-state index in [1.165, 1.54) is 7.11 Å². The van der Waals surface area contributed by atoms with Crippen LogP contribution in [0.25, 0.3) is 0 Å². The standard InChI is InChI=1S/C15H15NO3S/c1-19-15(17)12-8-10-13(11-9-12)16-20(2,18)14-6-4-3-5-7-14/h3-11H,1-2H3. The van der Waals surface area contributed by atoms with Crippen molar-refractivity contribution < 1.29 is 13.7 Å². The third-order valence-electron chi connectivity index (χ3n) is 2.75. The fourth-order valence-electron chi connectivity index (χ4n) is 1.70. The first-order valence-electron chi connectivity index (χ1n) is 5.98. The lowest BCUT2D eigenvalue weighted by Gasteiger charge is -2.04. The van der Waals surface area contributed by atoms with Crippen molar-refractivity contribution in [2.45, 2.75) is 4.90 Å². The van der Waals surface area contributed by atoms with Gasteiger partial charge in [0.1, 0.15) is 0 Å². The van der Waals surface area contributed by atoms with E-state index in [4.69, 9.17) is 0 Å². The zero-order chi connectivity index (χ0) is 14.6. The fraction of sp³-hybridized carbons (Fsp3) is 0.133. The van der Waals surface area contributed by atoms with Gasteiger partial charge in [-0.2, -0.15) is 4.36 Å². The number of hydrogen-bond donors (Lipinski definition) is 0. The summed E-state index contributed by atoms with van der Waals surface area (Å²) in [5, 5.41) is 0. The predicted molar refractivity (Wildman–Crippen MR) is 78.6 cm³/mol. The fourth-order valence-corrected chi connectivity index (χ4v) is 2.99. The normalized spacial score (nSPS) is 13.3. The van der Waals surface area contributed by atoms with Crippen LogP contribution in [0, 0.1) is 0 Å². The van der Waals surface area contributed by atoms with Crippen LogP contribution in [0.5, 0.6) is 0 Å². The number of benzene rings is 2. The molecule has 0 radical (unpaired) electrons. The highest BCUT2D eigenvalue weighted by Gasteiger charge is 2.07. The quantitative estimate of drug-likeness (QED) is 0.815. The van der Waals surface area contributed by atoms with E-state index in [0.717, 1.165) is 0 Å². The van der Waals surface area contributed by atoms with Crippen LogP contribution in [0.4, 0.5) is 5.69 Å². The van der Waals surface area contributed by atoms with Gasteiger partial charge in [0.05, 0.1) is 28.1 Å². The summed E-state index contributed by atoms with van der Waals surface area (Å²) in [6.45, 7) is 0. The smallest absolute Gasteiger partial charge is 0.337 e. The lowest BCUT2D eigenvalue weighted by molar-refractivity contribution is 0.0601. The second kappa shape index (κ2) is 5.88. The molecule has 0 aromatic heterocycles. The van der Waals surface area contributed by atoms with Gasteiger partial charge < -0.3 is 4.74 Å². The molecule has 0 spiro atoms. The van der Waals surface area contributed by atoms with Crippen molar-refractivity contribution >= 4 is 21.4 Å². The van der Waals surface area contributed by atoms with Gasteiger partial charge in [0.15, 0.2) is 0 Å². The van der Waals surface area contributed by atoms with E-state index >= 15 is 0 Å². The number of carbonyl (C=O) groups is 1. The molecule has 1 unspecified atom stereocenters. The molecule has 0 bridgehead atoms. The number of hydrogen-bond acceptors (Lipinski definition) is 4. The van der Waals surface area contributed by atoms with Crippen molar-refractivity contribution in [1.82, 2.24) is 0 Å². The van der Waals surface area contributed by atoms with Gasteiger partial charge in [0, 0.05) is 11.2 Å². The SMILES string of the molecule is COC(=O)c1ccc(N=S(C)(=O)c2ccccc2)cc1. The van der Waals surface area contributed by atoms with Crippen LogP contribution < -0.4 is 0 Å². The van der Waals surface area contributed by atoms with Crippen LogP contribution in [0.3, 0.4) is 0 Å². The van der Waals surface area contributed by atoms with Crippen molar-refractivity contribution in [2.75, 3.05) is 13.4 Å². The number of rotatable bonds is 3. The Kier molecular flexibility index (Phi) is 4.20. The molecule has 2 aromatic rings. The lowest BCUT2D eigenvalue weighted by Crippen LogP contribution is -2.00. The Morgan fingerprint density at radius 3 is 2.20 bits per heavy atom. The van der Waals surface area contributed by atoms with E-state index in [1.807, 2.05) is 18.2 Å². The molecule has 20 heavy (non-hydrogen) atoms. The van der Waals surface area contributed by atoms with Crippen LogP contribution in [0.2, 0.25) is 0 Å². The van der Waals surface area contributed by atoms with E-state index < -0.39 is 15.7 Å². The van der Waals surface area contributed by atoms with E-state index in [2.05, 4.69) is 9.10 Å². The second-order valence-electron chi connectivity index (χ2n) is 4.25. The summed E-state index contributed by atoms with van der Waals surface area (Å²) in [5.74, 6) is -0.406. The Labute approximate surface area is 118 Å². The van der Waals surface area contributed by atoms with Crippen LogP contribution in [-0.4, -0.2) is 23.5 Å². The maximum absolute atomic E-state index is 12.6. The Morgan fingerprint density at radius 1 is 1.05 bits per heavy atom. The van der Waals surface area contributed by atoms with Crippen molar-refractivity contribution in [3.8, 4) is 0 Å². The van der Waals surface area contributed by atoms with Gasteiger partial charge in [-0.15, -0.1) is 0 Å². The maximum Gasteiger partial charge on any atom is 0.337 e. The molecule has 104 valence electrons. The van der Waals surface area contributed by atoms with Crippen LogP contribution in [-0.2, 0) is 14.5 Å². The molecule has 0 amide bonds. The molecule has 0 saturated carbocycles. The van der Waals surface area contributed by atoms with Gasteiger partial charge in [0.2, 0.25) is 0 Å². The van der Waals surface area contributed by atoms with Crippen molar-refractivity contribution in [3.63, 3.8) is 0 Å². The average Bonchev–Trinajstić information content (AvgIpc) is 2.48. The molecule has 2 aromatic carbocycles. The summed E-state index contributed by atoms with van der Waals surface area (Å²) in [6, 6.07) is 15.6. The van der Waals surface area contributed by atoms with E-state index in [9.17, 15) is 9.00 Å². The lowest BCUT2D eigenvalue weighted by atomic mass is 10.2. The Hall–Kier alpha value is -2.14. The summed E-state index contributed by atoms with van der Waals surface area (Å²) in [4.78, 5) is 12.0. The zero-order valence-corrected chi connectivity index (χ0v) is 12.1. The molecule has 0 saturated heterocycles. The number of methoxy groups -OCH3 is 1. The minimum absolute atomic E-state index is 0.406. The van der Waals surface area contributed by atoms with E-state index in [-0.39, 0.29) is 0 Å². The Bertz CT molecular complexity index is 715. The topological polar surface area (TPSA) is 55.7 Å². The molecular weight excluding hydrogens is 274 g/mol. The molecule has 0 aliphatic heterocycles. The highest BCUT2D eigenvalue weighted by atomic mass is 32.2. The highest BCUT2D eigenvalue weighted by Crippen LogP contribution is 2.20. The van der Waals surface area contributed by atoms with Gasteiger partial charge >= 0.3 is 5.97 Å². The molecule has 0 N–H and O–H groups in total. The number of ether oxygens (including phenoxy) is 1. The molecule has 0 aliphatic rings. The predicted octanol–water partition coefficient (Wildman–Crippen LogP) is 3.26. The Balaban J connectivity index is 2.36. The summed E-state index contributed by atoms with van der Waals surface area (Å²) in [7, 11) is -1.16. The molecule has 1 atom stereocenters. The molecule has 0 fully saturated rings. The maximum atomic E-state index is 12.6. The third-order valence-corrected chi connectivity index (χ3v) is 4.45. The first kappa shape index (κ1) is 14.3. The molecule has 0 heterocycles. The highest BCUT2D eigenvalue weighted by molar-refractivity contribution is 7.93. The molecule has 2 rings (SSSR count). The zero-order valence-electron chi connectivity index (χ0n) is 11.3. The van der Waals surface area contributed by atoms with Crippen LogP contribution in [0.1, 0.15) is 10.4 Å². The summed E-state index contributed by atoms with van der Waals surface area (Å²) < 4.78 is 21.5. The van der Waals surface area contributed by atoms with Gasteiger partial charge in [-0.05, 0) is 36.4 Å². The van der Waals surface area contributed by atoms with Crippen LogP contribution >= 0.6 is 0 Å². The van der Waals surface area contributed by atoms with Gasteiger partial charge in [-0.25, -0.2) is 9.00 Å². The van der Waals surface area contributed by atoms with E-state index in [0.29, 0.717) is 16.1 Å². The van der Waals surface area contributed by atoms with E-state index in [1.54, 1.807) is 42.7 Å². The summed E-state index contributed by atoms with van der Waals surface area (Å²) in [6.07, 6.45) is 1.59.